The average molecular weight is 241 g/mol. The number of anilines is 1. The molecule has 3 nitrogen and oxygen atoms in total. The highest BCUT2D eigenvalue weighted by atomic mass is 15.2. The van der Waals surface area contributed by atoms with Gasteiger partial charge in [0.05, 0.1) is 6.07 Å². The predicted molar refractivity (Wildman–Crippen MR) is 72.3 cm³/mol. The smallest absolute Gasteiger partial charge is 0.104 e. The van der Waals surface area contributed by atoms with Crippen LogP contribution in [-0.4, -0.2) is 18.1 Å². The van der Waals surface area contributed by atoms with Crippen LogP contribution in [-0.2, 0) is 6.42 Å². The van der Waals surface area contributed by atoms with Crippen molar-refractivity contribution in [1.82, 2.24) is 0 Å². The first-order valence-electron chi connectivity index (χ1n) is 6.76. The maximum atomic E-state index is 9.07. The second-order valence-corrected chi connectivity index (χ2v) is 5.57. The summed E-state index contributed by atoms with van der Waals surface area (Å²) in [7, 11) is 0. The molecule has 0 aromatic heterocycles. The van der Waals surface area contributed by atoms with Crippen molar-refractivity contribution >= 4 is 5.69 Å². The minimum Gasteiger partial charge on any atom is -0.368 e. The minimum absolute atomic E-state index is 0.568. The van der Waals surface area contributed by atoms with Crippen molar-refractivity contribution in [3.63, 3.8) is 0 Å². The standard InChI is InChI=1S/C15H19N3/c16-11-15(17)8-5-13(6-9-15)18-10-7-12-3-1-2-4-14(12)18/h1-4,13H,5-10,17H2. The highest BCUT2D eigenvalue weighted by Gasteiger charge is 2.35. The predicted octanol–water partition coefficient (Wildman–Crippen LogP) is 2.21. The Kier molecular flexibility index (Phi) is 2.76. The van der Waals surface area contributed by atoms with E-state index in [1.807, 2.05) is 0 Å². The molecule has 1 aromatic carbocycles. The first-order valence-corrected chi connectivity index (χ1v) is 6.76. The summed E-state index contributed by atoms with van der Waals surface area (Å²) >= 11 is 0. The molecule has 1 heterocycles. The van der Waals surface area contributed by atoms with Crippen molar-refractivity contribution in [3.8, 4) is 6.07 Å². The van der Waals surface area contributed by atoms with Crippen molar-refractivity contribution in [2.24, 2.45) is 5.73 Å². The van der Waals surface area contributed by atoms with Crippen molar-refractivity contribution in [2.45, 2.75) is 43.7 Å². The first-order chi connectivity index (χ1) is 8.72. The van der Waals surface area contributed by atoms with Crippen molar-refractivity contribution < 1.29 is 0 Å². The quantitative estimate of drug-likeness (QED) is 0.820. The van der Waals surface area contributed by atoms with Gasteiger partial charge in [-0.25, -0.2) is 0 Å². The molecule has 2 aliphatic rings. The number of hydrogen-bond acceptors (Lipinski definition) is 3. The summed E-state index contributed by atoms with van der Waals surface area (Å²) < 4.78 is 0. The number of hydrogen-bond donors (Lipinski definition) is 1. The van der Waals surface area contributed by atoms with Crippen LogP contribution in [0.5, 0.6) is 0 Å². The minimum atomic E-state index is -0.574. The van der Waals surface area contributed by atoms with E-state index in [9.17, 15) is 0 Å². The van der Waals surface area contributed by atoms with E-state index in [4.69, 9.17) is 11.0 Å². The molecule has 2 N–H and O–H groups in total. The monoisotopic (exact) mass is 241 g/mol. The molecular formula is C15H19N3. The molecule has 0 atom stereocenters. The Morgan fingerprint density at radius 1 is 1.28 bits per heavy atom. The van der Waals surface area contributed by atoms with Gasteiger partial charge in [-0.3, -0.25) is 0 Å². The second kappa shape index (κ2) is 4.29. The van der Waals surface area contributed by atoms with Crippen LogP contribution >= 0.6 is 0 Å². The number of nitriles is 1. The molecule has 3 rings (SSSR count). The van der Waals surface area contributed by atoms with E-state index in [0.29, 0.717) is 6.04 Å². The van der Waals surface area contributed by atoms with Gasteiger partial charge in [0.1, 0.15) is 5.54 Å². The molecule has 0 unspecified atom stereocenters. The Labute approximate surface area is 108 Å². The van der Waals surface area contributed by atoms with E-state index < -0.39 is 5.54 Å². The molecule has 1 fully saturated rings. The highest BCUT2D eigenvalue weighted by Crippen LogP contribution is 2.36. The third-order valence-electron chi connectivity index (χ3n) is 4.43. The average Bonchev–Trinajstić information content (AvgIpc) is 2.84. The van der Waals surface area contributed by atoms with Crippen molar-refractivity contribution in [1.29, 1.82) is 5.26 Å². The van der Waals surface area contributed by atoms with Crippen LogP contribution in [0.15, 0.2) is 24.3 Å². The van der Waals surface area contributed by atoms with E-state index in [-0.39, 0.29) is 0 Å². The molecule has 0 radical (unpaired) electrons. The van der Waals surface area contributed by atoms with E-state index in [1.54, 1.807) is 0 Å². The maximum absolute atomic E-state index is 9.07. The molecule has 0 bridgehead atoms. The van der Waals surface area contributed by atoms with Crippen LogP contribution in [0.4, 0.5) is 5.69 Å². The Bertz CT molecular complexity index is 481. The zero-order valence-corrected chi connectivity index (χ0v) is 10.6. The molecule has 94 valence electrons. The summed E-state index contributed by atoms with van der Waals surface area (Å²) in [5.74, 6) is 0. The van der Waals surface area contributed by atoms with Gasteiger partial charge < -0.3 is 10.6 Å². The molecule has 1 saturated carbocycles. The van der Waals surface area contributed by atoms with Gasteiger partial charge in [-0.1, -0.05) is 18.2 Å². The number of para-hydroxylation sites is 1. The molecule has 0 amide bonds. The van der Waals surface area contributed by atoms with E-state index in [2.05, 4.69) is 35.2 Å². The fourth-order valence-corrected chi connectivity index (χ4v) is 3.28. The van der Waals surface area contributed by atoms with Gasteiger partial charge in [0.2, 0.25) is 0 Å². The Balaban J connectivity index is 1.74. The molecule has 0 spiro atoms. The molecule has 1 aliphatic heterocycles. The highest BCUT2D eigenvalue weighted by molar-refractivity contribution is 5.58. The third-order valence-corrected chi connectivity index (χ3v) is 4.43. The Morgan fingerprint density at radius 2 is 2.00 bits per heavy atom. The van der Waals surface area contributed by atoms with Crippen molar-refractivity contribution in [3.05, 3.63) is 29.8 Å². The van der Waals surface area contributed by atoms with Gasteiger partial charge in [-0.05, 0) is 43.7 Å². The normalized spacial score (nSPS) is 30.9. The van der Waals surface area contributed by atoms with E-state index in [1.165, 1.54) is 11.3 Å². The van der Waals surface area contributed by atoms with E-state index >= 15 is 0 Å². The number of nitrogens with zero attached hydrogens (tertiary/aromatic N) is 2. The summed E-state index contributed by atoms with van der Waals surface area (Å²) in [6.45, 7) is 1.12. The molecule has 1 aliphatic carbocycles. The molecule has 0 saturated heterocycles. The fraction of sp³-hybridized carbons (Fsp3) is 0.533. The topological polar surface area (TPSA) is 53.1 Å². The zero-order valence-electron chi connectivity index (χ0n) is 10.6. The summed E-state index contributed by atoms with van der Waals surface area (Å²) in [6, 6.07) is 11.5. The number of fused-ring (bicyclic) bond motifs is 1. The van der Waals surface area contributed by atoms with Crippen LogP contribution in [0.1, 0.15) is 31.2 Å². The Morgan fingerprint density at radius 3 is 2.72 bits per heavy atom. The zero-order chi connectivity index (χ0) is 12.6. The fourth-order valence-electron chi connectivity index (χ4n) is 3.28. The first kappa shape index (κ1) is 11.6. The summed E-state index contributed by atoms with van der Waals surface area (Å²) in [5.41, 5.74) is 8.31. The SMILES string of the molecule is N#CC1(N)CCC(N2CCc3ccccc32)CC1. The lowest BCUT2D eigenvalue weighted by molar-refractivity contribution is 0.324. The summed E-state index contributed by atoms with van der Waals surface area (Å²) in [6.07, 6.45) is 4.88. The molecular weight excluding hydrogens is 222 g/mol. The van der Waals surface area contributed by atoms with Crippen LogP contribution < -0.4 is 10.6 Å². The van der Waals surface area contributed by atoms with Crippen LogP contribution in [0.2, 0.25) is 0 Å². The van der Waals surface area contributed by atoms with Gasteiger partial charge in [0, 0.05) is 18.3 Å². The molecule has 3 heteroatoms. The van der Waals surface area contributed by atoms with Crippen molar-refractivity contribution in [2.75, 3.05) is 11.4 Å². The maximum Gasteiger partial charge on any atom is 0.104 e. The number of nitrogens with two attached hydrogens (primary N) is 1. The lowest BCUT2D eigenvalue weighted by atomic mass is 9.80. The molecule has 18 heavy (non-hydrogen) atoms. The number of benzene rings is 1. The van der Waals surface area contributed by atoms with Crippen LogP contribution in [0, 0.1) is 11.3 Å². The van der Waals surface area contributed by atoms with Gasteiger partial charge in [0.25, 0.3) is 0 Å². The van der Waals surface area contributed by atoms with Gasteiger partial charge in [0.15, 0.2) is 0 Å². The summed E-state index contributed by atoms with van der Waals surface area (Å²) in [5, 5.41) is 9.07. The molecule has 1 aromatic rings. The second-order valence-electron chi connectivity index (χ2n) is 5.57. The number of rotatable bonds is 1. The van der Waals surface area contributed by atoms with Gasteiger partial charge >= 0.3 is 0 Å². The third kappa shape index (κ3) is 1.87. The summed E-state index contributed by atoms with van der Waals surface area (Å²) in [4.78, 5) is 2.52. The van der Waals surface area contributed by atoms with Crippen LogP contribution in [0.3, 0.4) is 0 Å². The lowest BCUT2D eigenvalue weighted by Crippen LogP contribution is -2.47. The largest absolute Gasteiger partial charge is 0.368 e. The Hall–Kier alpha value is -1.53. The lowest BCUT2D eigenvalue weighted by Gasteiger charge is -2.38. The van der Waals surface area contributed by atoms with Gasteiger partial charge in [-0.15, -0.1) is 0 Å². The van der Waals surface area contributed by atoms with E-state index in [0.717, 1.165) is 38.6 Å². The van der Waals surface area contributed by atoms with Crippen LogP contribution in [0.25, 0.3) is 0 Å². The van der Waals surface area contributed by atoms with Gasteiger partial charge in [-0.2, -0.15) is 5.26 Å².